The Hall–Kier alpha value is -4.08. The Bertz CT molecular complexity index is 1900. The molecule has 2 aliphatic rings. The first-order valence-electron chi connectivity index (χ1n) is 14.1. The quantitative estimate of drug-likeness (QED) is 0.120. The van der Waals surface area contributed by atoms with Crippen molar-refractivity contribution in [2.45, 2.75) is 63.2 Å². The van der Waals surface area contributed by atoms with Crippen LogP contribution in [0.5, 0.6) is 0 Å². The van der Waals surface area contributed by atoms with Gasteiger partial charge in [0.1, 0.15) is 30.9 Å². The molecule has 0 spiro atoms. The van der Waals surface area contributed by atoms with Crippen LogP contribution in [0.2, 0.25) is 0 Å². The van der Waals surface area contributed by atoms with Crippen molar-refractivity contribution in [2.75, 3.05) is 27.4 Å². The number of nitro groups is 1. The number of nitrogens with zero attached hydrogens (tertiary/aromatic N) is 5. The molecule has 0 aliphatic carbocycles. The molecule has 0 bridgehead atoms. The molecule has 22 heteroatoms. The number of ether oxygens (including phenoxy) is 4. The number of aromatic nitrogens is 6. The fourth-order valence-electron chi connectivity index (χ4n) is 5.31. The zero-order chi connectivity index (χ0) is 34.0. The highest BCUT2D eigenvalue weighted by atomic mass is 31.2. The van der Waals surface area contributed by atoms with Gasteiger partial charge < -0.3 is 47.6 Å². The van der Waals surface area contributed by atoms with Crippen LogP contribution >= 0.6 is 7.82 Å². The lowest BCUT2D eigenvalue weighted by atomic mass is 10.2. The Morgan fingerprint density at radius 2 is 1.60 bits per heavy atom. The molecule has 0 amide bonds. The first-order valence-corrected chi connectivity index (χ1v) is 15.5. The molecule has 3 aromatic rings. The van der Waals surface area contributed by atoms with Gasteiger partial charge in [0.05, 0.1) is 37.5 Å². The van der Waals surface area contributed by atoms with E-state index in [0.29, 0.717) is 0 Å². The van der Waals surface area contributed by atoms with Crippen LogP contribution in [-0.2, 0) is 39.1 Å². The second-order valence-corrected chi connectivity index (χ2v) is 12.2. The standard InChI is InChI=1S/C25H32N7O14P/c1-13-6-30(24(35)27-22(13)33)21-5-16(17(44-21)10-41-2)46-47(39,40)43-11-18-15(42-3)4-20(45-18)31-8-14(23(34)28-25(31)36)7-29-9-19(26-12-29)32(37)38/h6,8-9,12,15-18,20-21H,4-5,7,10-11H2,1-3H3,(H,39,40)(H,27,33,35)(H,28,34,36)/p-1/t15-,16-,17-,18-,20-,21-/m1/s1. The van der Waals surface area contributed by atoms with Crippen molar-refractivity contribution in [2.24, 2.45) is 0 Å². The van der Waals surface area contributed by atoms with Gasteiger partial charge in [-0.3, -0.25) is 33.3 Å². The highest BCUT2D eigenvalue weighted by Gasteiger charge is 2.41. The molecule has 256 valence electrons. The van der Waals surface area contributed by atoms with Crippen molar-refractivity contribution in [3.8, 4) is 0 Å². The van der Waals surface area contributed by atoms with Gasteiger partial charge >= 0.3 is 17.2 Å². The predicted molar refractivity (Wildman–Crippen MR) is 154 cm³/mol. The number of imidazole rings is 1. The van der Waals surface area contributed by atoms with Crippen LogP contribution in [0, 0.1) is 17.0 Å². The molecule has 5 rings (SSSR count). The Balaban J connectivity index is 1.25. The van der Waals surface area contributed by atoms with Gasteiger partial charge in [0.25, 0.3) is 18.9 Å². The number of methoxy groups -OCH3 is 2. The molecule has 7 atom stereocenters. The normalized spacial score (nSPS) is 25.6. The molecule has 0 saturated carbocycles. The maximum absolute atomic E-state index is 12.9. The van der Waals surface area contributed by atoms with E-state index in [1.165, 1.54) is 38.1 Å². The van der Waals surface area contributed by atoms with Crippen LogP contribution in [0.1, 0.15) is 36.4 Å². The minimum Gasteiger partial charge on any atom is -0.756 e. The molecule has 2 N–H and O–H groups in total. The second kappa shape index (κ2) is 14.0. The van der Waals surface area contributed by atoms with Gasteiger partial charge in [0.15, 0.2) is 0 Å². The molecule has 47 heavy (non-hydrogen) atoms. The third kappa shape index (κ3) is 7.74. The molecular formula is C25H31N7O14P-. The number of aromatic amines is 2. The molecule has 21 nitrogen and oxygen atoms in total. The highest BCUT2D eigenvalue weighted by molar-refractivity contribution is 7.45. The van der Waals surface area contributed by atoms with Crippen LogP contribution in [0.3, 0.4) is 0 Å². The van der Waals surface area contributed by atoms with E-state index in [1.807, 2.05) is 0 Å². The van der Waals surface area contributed by atoms with E-state index in [9.17, 15) is 38.8 Å². The van der Waals surface area contributed by atoms with Gasteiger partial charge in [0, 0.05) is 45.0 Å². The minimum atomic E-state index is -5.04. The maximum atomic E-state index is 12.9. The lowest BCUT2D eigenvalue weighted by molar-refractivity contribution is -0.389. The average Bonchev–Trinajstić information content (AvgIpc) is 3.74. The Kier molecular flexibility index (Phi) is 10.2. The summed E-state index contributed by atoms with van der Waals surface area (Å²) >= 11 is 0. The van der Waals surface area contributed by atoms with Crippen molar-refractivity contribution in [1.29, 1.82) is 0 Å². The summed E-state index contributed by atoms with van der Waals surface area (Å²) < 4.78 is 49.2. The lowest BCUT2D eigenvalue weighted by Crippen LogP contribution is -2.35. The molecular weight excluding hydrogens is 653 g/mol. The summed E-state index contributed by atoms with van der Waals surface area (Å²) in [5.41, 5.74) is -2.55. The van der Waals surface area contributed by atoms with Gasteiger partial charge in [-0.25, -0.2) is 9.59 Å². The van der Waals surface area contributed by atoms with E-state index in [2.05, 4.69) is 15.0 Å². The van der Waals surface area contributed by atoms with Crippen LogP contribution < -0.4 is 27.4 Å². The fourth-order valence-corrected chi connectivity index (χ4v) is 6.25. The fraction of sp³-hybridized carbons (Fsp3) is 0.560. The summed E-state index contributed by atoms with van der Waals surface area (Å²) in [4.78, 5) is 80.4. The van der Waals surface area contributed by atoms with Gasteiger partial charge in [-0.2, -0.15) is 0 Å². The predicted octanol–water partition coefficient (Wildman–Crippen LogP) is -1.35. The molecule has 1 unspecified atom stereocenters. The summed E-state index contributed by atoms with van der Waals surface area (Å²) in [6, 6.07) is 0. The summed E-state index contributed by atoms with van der Waals surface area (Å²) in [5.74, 6) is -0.423. The van der Waals surface area contributed by atoms with E-state index in [0.717, 1.165) is 21.7 Å². The largest absolute Gasteiger partial charge is 0.756 e. The van der Waals surface area contributed by atoms with Crippen molar-refractivity contribution in [3.05, 3.63) is 87.8 Å². The van der Waals surface area contributed by atoms with E-state index in [4.69, 9.17) is 28.0 Å². The second-order valence-electron chi connectivity index (χ2n) is 10.8. The van der Waals surface area contributed by atoms with Crippen molar-refractivity contribution >= 4 is 13.6 Å². The molecule has 0 radical (unpaired) electrons. The molecule has 3 aromatic heterocycles. The third-order valence-electron chi connectivity index (χ3n) is 7.62. The van der Waals surface area contributed by atoms with Crippen molar-refractivity contribution < 1.29 is 42.4 Å². The SMILES string of the molecule is COC[C@H]1O[C@@H](n2cc(C)c(=O)[nH]c2=O)C[C@H]1OP(=O)([O-])OC[C@H]1O[C@@H](n2cc(Cn3cnc([N+](=O)[O-])c3)c(=O)[nH]c2=O)C[C@H]1OC. The van der Waals surface area contributed by atoms with Crippen LogP contribution in [-0.4, -0.2) is 85.4 Å². The Morgan fingerprint density at radius 1 is 0.979 bits per heavy atom. The first-order chi connectivity index (χ1) is 22.3. The molecule has 2 fully saturated rings. The number of H-pyrrole nitrogens is 2. The average molecular weight is 685 g/mol. The third-order valence-corrected chi connectivity index (χ3v) is 8.62. The van der Waals surface area contributed by atoms with Crippen LogP contribution in [0.15, 0.2) is 44.1 Å². The molecule has 0 aromatic carbocycles. The number of nitrogens with one attached hydrogen (secondary N) is 2. The lowest BCUT2D eigenvalue weighted by Gasteiger charge is -2.29. The summed E-state index contributed by atoms with van der Waals surface area (Å²) in [7, 11) is -2.31. The number of hydrogen-bond donors (Lipinski definition) is 2. The van der Waals surface area contributed by atoms with E-state index in [1.54, 1.807) is 0 Å². The van der Waals surface area contributed by atoms with Gasteiger partial charge in [-0.05, 0) is 16.8 Å². The topological polar surface area (TPSA) is 266 Å². The van der Waals surface area contributed by atoms with Gasteiger partial charge in [-0.1, -0.05) is 0 Å². The Labute approximate surface area is 263 Å². The first kappa shape index (κ1) is 34.3. The Morgan fingerprint density at radius 3 is 2.21 bits per heavy atom. The minimum absolute atomic E-state index is 0.0635. The van der Waals surface area contributed by atoms with Crippen LogP contribution in [0.25, 0.3) is 0 Å². The number of phosphoric ester groups is 1. The van der Waals surface area contributed by atoms with E-state index < -0.39 is 84.5 Å². The van der Waals surface area contributed by atoms with E-state index in [-0.39, 0.29) is 37.1 Å². The summed E-state index contributed by atoms with van der Waals surface area (Å²) in [5, 5.41) is 10.9. The molecule has 2 saturated heterocycles. The number of rotatable bonds is 13. The zero-order valence-corrected chi connectivity index (χ0v) is 26.1. The van der Waals surface area contributed by atoms with E-state index >= 15 is 0 Å². The molecule has 2 aliphatic heterocycles. The number of hydrogen-bond acceptors (Lipinski definition) is 15. The number of phosphoric acid groups is 1. The molecule has 5 heterocycles. The van der Waals surface area contributed by atoms with Crippen molar-refractivity contribution in [3.63, 3.8) is 0 Å². The highest BCUT2D eigenvalue weighted by Crippen LogP contribution is 2.45. The smallest absolute Gasteiger partial charge is 0.381 e. The summed E-state index contributed by atoms with van der Waals surface area (Å²) in [6.45, 7) is 0.706. The number of aryl methyl sites for hydroxylation is 1. The zero-order valence-electron chi connectivity index (χ0n) is 25.2. The van der Waals surface area contributed by atoms with Crippen LogP contribution in [0.4, 0.5) is 5.82 Å². The van der Waals surface area contributed by atoms with Gasteiger partial charge in [0.2, 0.25) is 6.33 Å². The van der Waals surface area contributed by atoms with Crippen molar-refractivity contribution in [1.82, 2.24) is 28.7 Å². The maximum Gasteiger partial charge on any atom is 0.381 e. The monoisotopic (exact) mass is 684 g/mol. The summed E-state index contributed by atoms with van der Waals surface area (Å²) in [6.07, 6.45) is -0.958. The van der Waals surface area contributed by atoms with Gasteiger partial charge in [-0.15, -0.1) is 0 Å².